The Morgan fingerprint density at radius 3 is 2.63 bits per heavy atom. The lowest BCUT2D eigenvalue weighted by molar-refractivity contribution is -0.156. The van der Waals surface area contributed by atoms with Crippen LogP contribution in [0.2, 0.25) is 0 Å². The van der Waals surface area contributed by atoms with Crippen molar-refractivity contribution in [2.24, 2.45) is 5.41 Å². The minimum atomic E-state index is -0.250. The first-order chi connectivity index (χ1) is 13.0. The van der Waals surface area contributed by atoms with Gasteiger partial charge in [0.1, 0.15) is 5.60 Å². The molecule has 0 radical (unpaired) electrons. The first-order valence-electron chi connectivity index (χ1n) is 10.6. The second kappa shape index (κ2) is 8.31. The monoisotopic (exact) mass is 376 g/mol. The van der Waals surface area contributed by atoms with Crippen LogP contribution in [0.4, 0.5) is 0 Å². The van der Waals surface area contributed by atoms with E-state index in [1.807, 2.05) is 13.2 Å². The summed E-state index contributed by atoms with van der Waals surface area (Å²) in [6, 6.07) is 0. The van der Waals surface area contributed by atoms with E-state index in [0.717, 1.165) is 64.6 Å². The highest BCUT2D eigenvalue weighted by atomic mass is 16.6. The molecule has 6 heteroatoms. The van der Waals surface area contributed by atoms with E-state index in [4.69, 9.17) is 4.74 Å². The maximum atomic E-state index is 12.6. The van der Waals surface area contributed by atoms with Gasteiger partial charge in [0.25, 0.3) is 0 Å². The Morgan fingerprint density at radius 1 is 1.33 bits per heavy atom. The van der Waals surface area contributed by atoms with Gasteiger partial charge in [0.05, 0.1) is 11.1 Å². The highest BCUT2D eigenvalue weighted by molar-refractivity contribution is 5.79. The Balaban J connectivity index is 1.62. The van der Waals surface area contributed by atoms with Crippen LogP contribution < -0.4 is 5.32 Å². The largest absolute Gasteiger partial charge is 0.459 e. The van der Waals surface area contributed by atoms with Gasteiger partial charge in [0.2, 0.25) is 0 Å². The summed E-state index contributed by atoms with van der Waals surface area (Å²) in [5, 5.41) is 10.9. The van der Waals surface area contributed by atoms with Crippen molar-refractivity contribution in [2.75, 3.05) is 27.2 Å². The summed E-state index contributed by atoms with van der Waals surface area (Å²) in [6.45, 7) is 7.16. The van der Waals surface area contributed by atoms with Gasteiger partial charge in [0, 0.05) is 43.7 Å². The third-order valence-electron chi connectivity index (χ3n) is 6.98. The Morgan fingerprint density at radius 2 is 2.04 bits per heavy atom. The molecule has 0 amide bonds. The molecule has 1 saturated heterocycles. The molecule has 3 rings (SSSR count). The van der Waals surface area contributed by atoms with Crippen molar-refractivity contribution in [3.8, 4) is 0 Å². The molecule has 6 nitrogen and oxygen atoms in total. The summed E-state index contributed by atoms with van der Waals surface area (Å²) in [5.74, 6) is 0.504. The number of hydrogen-bond donors (Lipinski definition) is 2. The van der Waals surface area contributed by atoms with Crippen LogP contribution in [0.1, 0.15) is 76.0 Å². The zero-order valence-corrected chi connectivity index (χ0v) is 17.4. The normalized spacial score (nSPS) is 27.4. The Hall–Kier alpha value is -1.40. The molecular formula is C21H36N4O2. The van der Waals surface area contributed by atoms with Crippen molar-refractivity contribution in [2.45, 2.75) is 76.9 Å². The number of carbonyl (C=O) groups is 1. The molecule has 2 fully saturated rings. The predicted octanol–water partition coefficient (Wildman–Crippen LogP) is 3.21. The van der Waals surface area contributed by atoms with Crippen molar-refractivity contribution in [3.63, 3.8) is 0 Å². The van der Waals surface area contributed by atoms with Crippen molar-refractivity contribution in [3.05, 3.63) is 17.5 Å². The number of likely N-dealkylation sites (N-methyl/N-ethyl adjacent to an activating group) is 2. The lowest BCUT2D eigenvalue weighted by Gasteiger charge is -2.36. The van der Waals surface area contributed by atoms with Crippen molar-refractivity contribution >= 4 is 5.97 Å². The minimum absolute atomic E-state index is 0.0394. The fraction of sp³-hybridized carbons (Fsp3) is 0.810. The molecule has 2 aliphatic rings. The number of ether oxygens (including phenoxy) is 1. The van der Waals surface area contributed by atoms with Gasteiger partial charge >= 0.3 is 5.97 Å². The molecule has 1 spiro atoms. The number of carbonyl (C=O) groups excluding carboxylic acids is 1. The molecule has 0 bridgehead atoms. The SMILES string of the molecule is CCC1(CC)C[C@]2(CC[C@@H](c3n[nH]cc3CN(C)CCNC)CC2)OC1=O. The lowest BCUT2D eigenvalue weighted by Crippen LogP contribution is -2.34. The number of aromatic nitrogens is 2. The van der Waals surface area contributed by atoms with Gasteiger partial charge in [-0.3, -0.25) is 9.89 Å². The van der Waals surface area contributed by atoms with E-state index in [-0.39, 0.29) is 17.0 Å². The molecule has 27 heavy (non-hydrogen) atoms. The van der Waals surface area contributed by atoms with E-state index in [1.165, 1.54) is 11.3 Å². The smallest absolute Gasteiger partial charge is 0.312 e. The van der Waals surface area contributed by atoms with Crippen LogP contribution >= 0.6 is 0 Å². The zero-order valence-electron chi connectivity index (χ0n) is 17.4. The predicted molar refractivity (Wildman–Crippen MR) is 107 cm³/mol. The molecule has 1 saturated carbocycles. The van der Waals surface area contributed by atoms with Gasteiger partial charge in [-0.2, -0.15) is 5.10 Å². The Labute approximate surface area is 163 Å². The van der Waals surface area contributed by atoms with Gasteiger partial charge in [0.15, 0.2) is 0 Å². The molecule has 0 aromatic carbocycles. The molecule has 1 aliphatic heterocycles. The molecule has 2 heterocycles. The molecule has 0 atom stereocenters. The van der Waals surface area contributed by atoms with Crippen LogP contribution in [-0.4, -0.2) is 53.9 Å². The fourth-order valence-electron chi connectivity index (χ4n) is 4.99. The average Bonchev–Trinajstić information content (AvgIpc) is 3.23. The second-order valence-corrected chi connectivity index (χ2v) is 8.65. The van der Waals surface area contributed by atoms with Crippen LogP contribution in [0, 0.1) is 5.41 Å². The first-order valence-corrected chi connectivity index (χ1v) is 10.6. The van der Waals surface area contributed by atoms with Gasteiger partial charge in [-0.15, -0.1) is 0 Å². The lowest BCUT2D eigenvalue weighted by atomic mass is 9.69. The molecule has 1 aromatic heterocycles. The van der Waals surface area contributed by atoms with Crippen LogP contribution in [-0.2, 0) is 16.1 Å². The summed E-state index contributed by atoms with van der Waals surface area (Å²) >= 11 is 0. The number of nitrogens with one attached hydrogen (secondary N) is 2. The van der Waals surface area contributed by atoms with Crippen molar-refractivity contribution in [1.82, 2.24) is 20.4 Å². The summed E-state index contributed by atoms with van der Waals surface area (Å²) in [7, 11) is 4.13. The number of aromatic amines is 1. The maximum absolute atomic E-state index is 12.6. The molecule has 1 aliphatic carbocycles. The highest BCUT2D eigenvalue weighted by Crippen LogP contribution is 2.53. The summed E-state index contributed by atoms with van der Waals surface area (Å²) < 4.78 is 6.01. The standard InChI is InChI=1S/C21H36N4O2/c1-5-20(6-2)15-21(27-19(20)26)9-7-16(8-10-21)18-17(13-23-24-18)14-25(4)12-11-22-3/h13,16,22H,5-12,14-15H2,1-4H3,(H,23,24)/t16-,21-. The van der Waals surface area contributed by atoms with Gasteiger partial charge in [-0.1, -0.05) is 13.8 Å². The van der Waals surface area contributed by atoms with E-state index in [2.05, 4.69) is 41.3 Å². The van der Waals surface area contributed by atoms with E-state index >= 15 is 0 Å². The summed E-state index contributed by atoms with van der Waals surface area (Å²) in [5.41, 5.74) is 2.04. The first kappa shape index (κ1) is 20.3. The highest BCUT2D eigenvalue weighted by Gasteiger charge is 2.55. The van der Waals surface area contributed by atoms with E-state index in [0.29, 0.717) is 5.92 Å². The van der Waals surface area contributed by atoms with Crippen molar-refractivity contribution < 1.29 is 9.53 Å². The number of rotatable bonds is 8. The van der Waals surface area contributed by atoms with E-state index < -0.39 is 0 Å². The quantitative estimate of drug-likeness (QED) is 0.682. The number of hydrogen-bond acceptors (Lipinski definition) is 5. The zero-order chi connectivity index (χ0) is 19.5. The van der Waals surface area contributed by atoms with Crippen LogP contribution in [0.25, 0.3) is 0 Å². The van der Waals surface area contributed by atoms with E-state index in [9.17, 15) is 4.79 Å². The van der Waals surface area contributed by atoms with Crippen molar-refractivity contribution in [1.29, 1.82) is 0 Å². The molecule has 2 N–H and O–H groups in total. The Bertz CT molecular complexity index is 630. The number of nitrogens with zero attached hydrogens (tertiary/aromatic N) is 2. The number of esters is 1. The molecular weight excluding hydrogens is 340 g/mol. The average molecular weight is 377 g/mol. The van der Waals surface area contributed by atoms with Gasteiger partial charge < -0.3 is 15.0 Å². The number of H-pyrrole nitrogens is 1. The topological polar surface area (TPSA) is 70.2 Å². The van der Waals surface area contributed by atoms with Crippen LogP contribution in [0.5, 0.6) is 0 Å². The summed E-state index contributed by atoms with van der Waals surface area (Å²) in [4.78, 5) is 14.9. The van der Waals surface area contributed by atoms with Crippen LogP contribution in [0.3, 0.4) is 0 Å². The third-order valence-corrected chi connectivity index (χ3v) is 6.98. The maximum Gasteiger partial charge on any atom is 0.312 e. The van der Waals surface area contributed by atoms with Crippen LogP contribution in [0.15, 0.2) is 6.20 Å². The van der Waals surface area contributed by atoms with E-state index in [1.54, 1.807) is 0 Å². The third kappa shape index (κ3) is 4.06. The Kier molecular flexibility index (Phi) is 6.26. The fourth-order valence-corrected chi connectivity index (χ4v) is 4.99. The van der Waals surface area contributed by atoms with Gasteiger partial charge in [-0.05, 0) is 52.6 Å². The molecule has 0 unspecified atom stereocenters. The molecule has 152 valence electrons. The molecule has 1 aromatic rings. The van der Waals surface area contributed by atoms with Gasteiger partial charge in [-0.25, -0.2) is 0 Å². The second-order valence-electron chi connectivity index (χ2n) is 8.65. The minimum Gasteiger partial charge on any atom is -0.459 e. The summed E-state index contributed by atoms with van der Waals surface area (Å²) in [6.07, 6.45) is 8.75.